The van der Waals surface area contributed by atoms with Crippen molar-refractivity contribution in [2.24, 2.45) is 4.99 Å². The monoisotopic (exact) mass is 522 g/mol. The van der Waals surface area contributed by atoms with Gasteiger partial charge in [-0.2, -0.15) is 0 Å². The molecule has 0 radical (unpaired) electrons. The van der Waals surface area contributed by atoms with Crippen LogP contribution in [0.15, 0.2) is 157 Å². The second-order valence-corrected chi connectivity index (χ2v) is 9.92. The molecule has 196 valence electrons. The van der Waals surface area contributed by atoms with Crippen LogP contribution in [0.3, 0.4) is 0 Å². The highest BCUT2D eigenvalue weighted by atomic mass is 16.5. The van der Waals surface area contributed by atoms with Gasteiger partial charge >= 0.3 is 5.97 Å². The zero-order valence-electron chi connectivity index (χ0n) is 22.1. The maximum absolute atomic E-state index is 14.5. The zero-order chi connectivity index (χ0) is 27.2. The zero-order valence-corrected chi connectivity index (χ0v) is 22.1. The van der Waals surface area contributed by atoms with E-state index in [1.165, 1.54) is 0 Å². The standard InChI is InChI=1S/C36H30N2O2/c39-35(40-27-29-18-8-2-9-19-29)36(32-24-14-5-15-25-32)33(30-20-10-3-11-21-30)38(26-28-16-6-1-7-17-28)34(37-36)31-22-12-4-13-23-31/h1-25,33H,26-27H2/t33-,36-/m0/s1. The second-order valence-electron chi connectivity index (χ2n) is 9.92. The van der Waals surface area contributed by atoms with E-state index in [-0.39, 0.29) is 12.6 Å². The van der Waals surface area contributed by atoms with Crippen molar-refractivity contribution >= 4 is 11.8 Å². The second kappa shape index (κ2) is 11.4. The SMILES string of the molecule is O=C(OCc1ccccc1)[C@@]1(c2ccccc2)N=C(c2ccccc2)N(Cc2ccccc2)[C@H]1c1ccccc1. The van der Waals surface area contributed by atoms with Gasteiger partial charge in [0.25, 0.3) is 0 Å². The highest BCUT2D eigenvalue weighted by Crippen LogP contribution is 2.50. The van der Waals surface area contributed by atoms with Crippen LogP contribution in [0.5, 0.6) is 0 Å². The van der Waals surface area contributed by atoms with Gasteiger partial charge in [0.1, 0.15) is 12.4 Å². The highest BCUT2D eigenvalue weighted by molar-refractivity contribution is 6.04. The average molecular weight is 523 g/mol. The largest absolute Gasteiger partial charge is 0.459 e. The lowest BCUT2D eigenvalue weighted by atomic mass is 9.79. The molecule has 6 rings (SSSR count). The summed E-state index contributed by atoms with van der Waals surface area (Å²) in [4.78, 5) is 22.2. The van der Waals surface area contributed by atoms with Crippen LogP contribution in [-0.4, -0.2) is 16.7 Å². The van der Waals surface area contributed by atoms with Gasteiger partial charge in [0, 0.05) is 12.1 Å². The minimum Gasteiger partial charge on any atom is -0.459 e. The van der Waals surface area contributed by atoms with Crippen LogP contribution in [0.2, 0.25) is 0 Å². The van der Waals surface area contributed by atoms with Gasteiger partial charge in [-0.3, -0.25) is 0 Å². The molecule has 0 fully saturated rings. The number of rotatable bonds is 8. The van der Waals surface area contributed by atoms with Gasteiger partial charge in [-0.25, -0.2) is 9.79 Å². The molecular weight excluding hydrogens is 492 g/mol. The maximum Gasteiger partial charge on any atom is 0.341 e. The first-order valence-corrected chi connectivity index (χ1v) is 13.5. The molecule has 4 heteroatoms. The molecule has 1 aliphatic heterocycles. The van der Waals surface area contributed by atoms with Crippen LogP contribution in [0, 0.1) is 0 Å². The van der Waals surface area contributed by atoms with Crippen LogP contribution in [-0.2, 0) is 28.2 Å². The molecule has 5 aromatic carbocycles. The molecule has 0 spiro atoms. The van der Waals surface area contributed by atoms with E-state index in [0.717, 1.165) is 33.7 Å². The third-order valence-corrected chi connectivity index (χ3v) is 7.34. The lowest BCUT2D eigenvalue weighted by Gasteiger charge is -2.37. The minimum atomic E-state index is -1.32. The molecule has 0 bridgehead atoms. The molecule has 1 heterocycles. The van der Waals surface area contributed by atoms with Crippen molar-refractivity contribution in [3.8, 4) is 0 Å². The Morgan fingerprint density at radius 2 is 1.15 bits per heavy atom. The van der Waals surface area contributed by atoms with Gasteiger partial charge in [-0.15, -0.1) is 0 Å². The fraction of sp³-hybridized carbons (Fsp3) is 0.111. The maximum atomic E-state index is 14.5. The molecule has 0 amide bonds. The summed E-state index contributed by atoms with van der Waals surface area (Å²) in [6.07, 6.45) is 0. The first-order valence-electron chi connectivity index (χ1n) is 13.5. The smallest absolute Gasteiger partial charge is 0.341 e. The summed E-state index contributed by atoms with van der Waals surface area (Å²) >= 11 is 0. The Morgan fingerprint density at radius 1 is 0.650 bits per heavy atom. The van der Waals surface area contributed by atoms with Crippen molar-refractivity contribution < 1.29 is 9.53 Å². The minimum absolute atomic E-state index is 0.171. The van der Waals surface area contributed by atoms with Gasteiger partial charge in [-0.05, 0) is 22.3 Å². The molecule has 0 saturated heterocycles. The molecule has 4 nitrogen and oxygen atoms in total. The third-order valence-electron chi connectivity index (χ3n) is 7.34. The summed E-state index contributed by atoms with van der Waals surface area (Å²) in [5.74, 6) is 0.388. The lowest BCUT2D eigenvalue weighted by Crippen LogP contribution is -2.44. The van der Waals surface area contributed by atoms with Crippen molar-refractivity contribution in [2.45, 2.75) is 24.7 Å². The van der Waals surface area contributed by atoms with Crippen LogP contribution in [0.25, 0.3) is 0 Å². The van der Waals surface area contributed by atoms with Gasteiger partial charge in [-0.1, -0.05) is 152 Å². The highest BCUT2D eigenvalue weighted by Gasteiger charge is 2.57. The van der Waals surface area contributed by atoms with Gasteiger partial charge < -0.3 is 9.64 Å². The number of nitrogens with zero attached hydrogens (tertiary/aromatic N) is 2. The third kappa shape index (κ3) is 4.92. The first-order chi connectivity index (χ1) is 19.8. The van der Waals surface area contributed by atoms with E-state index >= 15 is 0 Å². The summed E-state index contributed by atoms with van der Waals surface area (Å²) in [5, 5.41) is 0. The van der Waals surface area contributed by atoms with E-state index < -0.39 is 11.6 Å². The molecular formula is C36H30N2O2. The Labute approximate surface area is 235 Å². The molecule has 5 aromatic rings. The Balaban J connectivity index is 1.56. The molecule has 0 unspecified atom stereocenters. The fourth-order valence-corrected chi connectivity index (χ4v) is 5.48. The molecule has 2 atom stereocenters. The lowest BCUT2D eigenvalue weighted by molar-refractivity contribution is -0.153. The van der Waals surface area contributed by atoms with Gasteiger partial charge in [0.2, 0.25) is 5.54 Å². The number of hydrogen-bond donors (Lipinski definition) is 0. The van der Waals surface area contributed by atoms with Crippen LogP contribution >= 0.6 is 0 Å². The van der Waals surface area contributed by atoms with Crippen LogP contribution < -0.4 is 0 Å². The average Bonchev–Trinajstić information content (AvgIpc) is 3.38. The van der Waals surface area contributed by atoms with Gasteiger partial charge in [0.15, 0.2) is 0 Å². The normalized spacial score (nSPS) is 18.2. The Hall–Kier alpha value is -4.96. The molecule has 0 aromatic heterocycles. The molecule has 40 heavy (non-hydrogen) atoms. The number of hydrogen-bond acceptors (Lipinski definition) is 4. The van der Waals surface area contributed by atoms with Crippen molar-refractivity contribution in [3.63, 3.8) is 0 Å². The van der Waals surface area contributed by atoms with Crippen LogP contribution in [0.1, 0.15) is 33.9 Å². The summed E-state index contributed by atoms with van der Waals surface area (Å²) in [5.41, 5.74) is 3.49. The predicted molar refractivity (Wildman–Crippen MR) is 159 cm³/mol. The van der Waals surface area contributed by atoms with E-state index in [4.69, 9.17) is 9.73 Å². The summed E-state index contributed by atoms with van der Waals surface area (Å²) in [6.45, 7) is 0.749. The predicted octanol–water partition coefficient (Wildman–Crippen LogP) is 7.33. The van der Waals surface area contributed by atoms with E-state index in [0.29, 0.717) is 6.54 Å². The molecule has 0 N–H and O–H groups in total. The number of ether oxygens (including phenoxy) is 1. The number of aliphatic imine (C=N–C) groups is 1. The van der Waals surface area contributed by atoms with E-state index in [1.54, 1.807) is 0 Å². The van der Waals surface area contributed by atoms with E-state index in [1.807, 2.05) is 115 Å². The summed E-state index contributed by atoms with van der Waals surface area (Å²) < 4.78 is 6.13. The number of esters is 1. The van der Waals surface area contributed by atoms with Crippen LogP contribution in [0.4, 0.5) is 0 Å². The number of amidine groups is 1. The summed E-state index contributed by atoms with van der Waals surface area (Å²) in [6, 6.07) is 49.8. The van der Waals surface area contributed by atoms with Crippen molar-refractivity contribution in [1.82, 2.24) is 4.90 Å². The Kier molecular flexibility index (Phi) is 7.23. The van der Waals surface area contributed by atoms with E-state index in [9.17, 15) is 4.79 Å². The van der Waals surface area contributed by atoms with Gasteiger partial charge in [0.05, 0.1) is 6.04 Å². The molecule has 0 saturated carbocycles. The molecule has 1 aliphatic rings. The number of benzene rings is 5. The summed E-state index contributed by atoms with van der Waals surface area (Å²) in [7, 11) is 0. The Morgan fingerprint density at radius 3 is 1.75 bits per heavy atom. The van der Waals surface area contributed by atoms with E-state index in [2.05, 4.69) is 41.3 Å². The van der Waals surface area contributed by atoms with Crippen molar-refractivity contribution in [1.29, 1.82) is 0 Å². The fourth-order valence-electron chi connectivity index (χ4n) is 5.48. The van der Waals surface area contributed by atoms with Crippen molar-refractivity contribution in [2.75, 3.05) is 0 Å². The van der Waals surface area contributed by atoms with Crippen molar-refractivity contribution in [3.05, 3.63) is 179 Å². The first kappa shape index (κ1) is 25.3. The topological polar surface area (TPSA) is 41.9 Å². The number of carbonyl (C=O) groups is 1. The number of carbonyl (C=O) groups excluding carboxylic acids is 1. The quantitative estimate of drug-likeness (QED) is 0.200. The Bertz CT molecular complexity index is 1570. The molecule has 0 aliphatic carbocycles.